The van der Waals surface area contributed by atoms with E-state index < -0.39 is 0 Å². The first kappa shape index (κ1) is 31.5. The van der Waals surface area contributed by atoms with Crippen molar-refractivity contribution in [1.82, 2.24) is 0 Å². The standard InChI is InChI=1S/C4H9.3ClH.HN.Nb/c1-3-4-2;;;;;/h3H,4H2,1-2H3;4*1H;/q-1;;;;;/p-3. The van der Waals surface area contributed by atoms with Crippen LogP contribution in [0.25, 0.3) is 0 Å². The summed E-state index contributed by atoms with van der Waals surface area (Å²) in [6.07, 6.45) is 3.32. The molecular formula is C4H10Cl3NNb-4. The second-order valence-corrected chi connectivity index (χ2v) is 0.816. The summed E-state index contributed by atoms with van der Waals surface area (Å²) in [4.78, 5) is 0. The Labute approximate surface area is 88.2 Å². The molecule has 0 spiro atoms. The summed E-state index contributed by atoms with van der Waals surface area (Å²) >= 11 is 1.00. The third-order valence-electron chi connectivity index (χ3n) is 0.408. The van der Waals surface area contributed by atoms with Gasteiger partial charge in [-0.15, -0.1) is 0 Å². The first-order valence-corrected chi connectivity index (χ1v) is 3.02. The molecule has 0 unspecified atom stereocenters. The van der Waals surface area contributed by atoms with E-state index in [0.29, 0.717) is 0 Å². The van der Waals surface area contributed by atoms with Gasteiger partial charge in [0.25, 0.3) is 0 Å². The van der Waals surface area contributed by atoms with Gasteiger partial charge in [0.1, 0.15) is 0 Å². The molecule has 0 heterocycles. The van der Waals surface area contributed by atoms with Crippen LogP contribution in [0.4, 0.5) is 0 Å². The molecule has 9 heavy (non-hydrogen) atoms. The molecule has 0 aliphatic carbocycles. The van der Waals surface area contributed by atoms with E-state index in [2.05, 4.69) is 20.3 Å². The molecule has 0 rings (SSSR count). The van der Waals surface area contributed by atoms with Crippen LogP contribution in [-0.2, 0) is 20.9 Å². The van der Waals surface area contributed by atoms with Crippen molar-refractivity contribution in [2.75, 3.05) is 0 Å². The average molecular weight is 271 g/mol. The molecule has 0 aromatic heterocycles. The Morgan fingerprint density at radius 3 is 1.33 bits per heavy atom. The Bertz CT molecular complexity index is 23.3. The fraction of sp³-hybridized carbons (Fsp3) is 0.750. The Balaban J connectivity index is -0.00000000990. The molecule has 0 fully saturated rings. The SMILES string of the molecule is C[CH-]CC.[Cl-].[Cl-].[Cl-].[NH]=[Nb]. The summed E-state index contributed by atoms with van der Waals surface area (Å²) in [5.74, 6) is 0. The van der Waals surface area contributed by atoms with Gasteiger partial charge < -0.3 is 43.6 Å². The molecule has 0 amide bonds. The van der Waals surface area contributed by atoms with Gasteiger partial charge in [-0.25, -0.2) is 0 Å². The van der Waals surface area contributed by atoms with Crippen molar-refractivity contribution >= 4 is 0 Å². The van der Waals surface area contributed by atoms with E-state index in [-0.39, 0.29) is 37.2 Å². The Morgan fingerprint density at radius 2 is 1.33 bits per heavy atom. The van der Waals surface area contributed by atoms with E-state index in [9.17, 15) is 0 Å². The molecule has 5 heteroatoms. The van der Waals surface area contributed by atoms with Crippen molar-refractivity contribution in [1.29, 1.82) is 3.76 Å². The number of nitrogens with one attached hydrogen (secondary N) is 1. The molecule has 1 N–H and O–H groups in total. The molecule has 0 bridgehead atoms. The predicted octanol–water partition coefficient (Wildman–Crippen LogP) is -7.07. The van der Waals surface area contributed by atoms with E-state index in [0.717, 1.165) is 20.9 Å². The van der Waals surface area contributed by atoms with Crippen molar-refractivity contribution in [2.45, 2.75) is 20.3 Å². The van der Waals surface area contributed by atoms with Crippen LogP contribution in [-0.4, -0.2) is 0 Å². The fourth-order valence-electron chi connectivity index (χ4n) is 0. The summed E-state index contributed by atoms with van der Waals surface area (Å²) in [5, 5.41) is 0. The van der Waals surface area contributed by atoms with E-state index >= 15 is 0 Å². The van der Waals surface area contributed by atoms with Gasteiger partial charge in [-0.3, -0.25) is 0 Å². The first-order chi connectivity index (χ1) is 2.91. The summed E-state index contributed by atoms with van der Waals surface area (Å²) in [5.41, 5.74) is 0. The molecule has 0 atom stereocenters. The topological polar surface area (TPSA) is 23.9 Å². The zero-order chi connectivity index (χ0) is 5.41. The number of halogens is 3. The maximum atomic E-state index is 5.80. The van der Waals surface area contributed by atoms with Gasteiger partial charge in [-0.2, -0.15) is 13.3 Å². The molecule has 0 aromatic carbocycles. The van der Waals surface area contributed by atoms with Crippen LogP contribution >= 0.6 is 0 Å². The van der Waals surface area contributed by atoms with Gasteiger partial charge >= 0.3 is 24.6 Å². The van der Waals surface area contributed by atoms with Gasteiger partial charge in [-0.1, -0.05) is 6.92 Å². The maximum absolute atomic E-state index is 5.80. The second kappa shape index (κ2) is 57.2. The van der Waals surface area contributed by atoms with Crippen LogP contribution in [0.5, 0.6) is 0 Å². The van der Waals surface area contributed by atoms with E-state index in [1.807, 2.05) is 0 Å². The van der Waals surface area contributed by atoms with Crippen molar-refractivity contribution in [2.24, 2.45) is 0 Å². The Morgan fingerprint density at radius 1 is 1.22 bits per heavy atom. The minimum absolute atomic E-state index is 0. The Hall–Kier alpha value is 1.41. The monoisotopic (exact) mass is 270 g/mol. The summed E-state index contributed by atoms with van der Waals surface area (Å²) in [6, 6.07) is 0. The van der Waals surface area contributed by atoms with E-state index in [1.54, 1.807) is 0 Å². The van der Waals surface area contributed by atoms with Gasteiger partial charge in [0, 0.05) is 0 Å². The molecule has 1 nitrogen and oxygen atoms in total. The van der Waals surface area contributed by atoms with Crippen LogP contribution < -0.4 is 37.2 Å². The summed E-state index contributed by atoms with van der Waals surface area (Å²) in [7, 11) is 0. The Kier molecular flexibility index (Phi) is 200. The van der Waals surface area contributed by atoms with Crippen molar-refractivity contribution < 1.29 is 58.1 Å². The van der Waals surface area contributed by atoms with Crippen LogP contribution in [0.1, 0.15) is 20.3 Å². The van der Waals surface area contributed by atoms with E-state index in [4.69, 9.17) is 3.76 Å². The number of hydrogen-bond donors (Lipinski definition) is 1. The summed E-state index contributed by atoms with van der Waals surface area (Å²) in [6.45, 7) is 4.18. The van der Waals surface area contributed by atoms with E-state index in [1.165, 1.54) is 6.42 Å². The molecule has 0 aliphatic heterocycles. The quantitative estimate of drug-likeness (QED) is 0.362. The van der Waals surface area contributed by atoms with Crippen molar-refractivity contribution in [3.8, 4) is 0 Å². The minimum atomic E-state index is 0. The fourth-order valence-corrected chi connectivity index (χ4v) is 0. The van der Waals surface area contributed by atoms with Gasteiger partial charge in [0.15, 0.2) is 0 Å². The van der Waals surface area contributed by atoms with Gasteiger partial charge in [0.2, 0.25) is 0 Å². The molecule has 0 saturated carbocycles. The summed E-state index contributed by atoms with van der Waals surface area (Å²) < 4.78 is 5.80. The zero-order valence-electron chi connectivity index (χ0n) is 5.37. The van der Waals surface area contributed by atoms with Crippen molar-refractivity contribution in [3.05, 3.63) is 6.42 Å². The van der Waals surface area contributed by atoms with Crippen LogP contribution in [0.15, 0.2) is 0 Å². The molecule has 61 valence electrons. The molecular weight excluding hydrogens is 261 g/mol. The number of unbranched alkanes of at least 4 members (excludes halogenated alkanes) is 1. The first-order valence-electron chi connectivity index (χ1n) is 1.92. The third-order valence-corrected chi connectivity index (χ3v) is 0.408. The van der Waals surface area contributed by atoms with Gasteiger partial charge in [0.05, 0.1) is 0 Å². The third kappa shape index (κ3) is 88.9. The number of rotatable bonds is 1. The second-order valence-electron chi connectivity index (χ2n) is 0.816. The molecule has 0 radical (unpaired) electrons. The average Bonchev–Trinajstić information content (AvgIpc) is 1.72. The normalized spacial score (nSPS) is 3.67. The molecule has 0 aromatic rings. The molecule has 0 saturated heterocycles. The van der Waals surface area contributed by atoms with Gasteiger partial charge in [-0.05, 0) is 0 Å². The predicted molar refractivity (Wildman–Crippen MR) is 23.0 cm³/mol. The van der Waals surface area contributed by atoms with Crippen LogP contribution in [0, 0.1) is 10.2 Å². The van der Waals surface area contributed by atoms with Crippen molar-refractivity contribution in [3.63, 3.8) is 0 Å². The van der Waals surface area contributed by atoms with Crippen LogP contribution in [0.2, 0.25) is 0 Å². The van der Waals surface area contributed by atoms with Crippen LogP contribution in [0.3, 0.4) is 0 Å². The zero-order valence-corrected chi connectivity index (χ0v) is 9.83. The molecule has 0 aliphatic rings. The number of hydrogen-bond acceptors (Lipinski definition) is 1.